The molecule has 3 N–H and O–H groups in total. The third-order valence-corrected chi connectivity index (χ3v) is 4.74. The maximum atomic E-state index is 10.2. The first-order valence-corrected chi connectivity index (χ1v) is 9.68. The summed E-state index contributed by atoms with van der Waals surface area (Å²) >= 11 is 0. The van der Waals surface area contributed by atoms with Crippen LogP contribution >= 0.6 is 0 Å². The molecule has 30 heavy (non-hydrogen) atoms. The second kappa shape index (κ2) is 12.0. The average molecular weight is 418 g/mol. The molecule has 1 fully saturated rings. The zero-order valence-corrected chi connectivity index (χ0v) is 17.6. The number of nitrogens with zero attached hydrogens (tertiary/aromatic N) is 1. The van der Waals surface area contributed by atoms with E-state index in [-0.39, 0.29) is 0 Å². The maximum Gasteiger partial charge on any atom is 0.337 e. The summed E-state index contributed by atoms with van der Waals surface area (Å²) in [6.07, 6.45) is -1.41. The number of rotatable bonds is 7. The highest BCUT2D eigenvalue weighted by atomic mass is 16.5. The van der Waals surface area contributed by atoms with Crippen molar-refractivity contribution in [3.05, 3.63) is 53.6 Å². The van der Waals surface area contributed by atoms with Gasteiger partial charge in [-0.1, -0.05) is 36.4 Å². The normalized spacial score (nSPS) is 14.8. The molecule has 0 aliphatic carbocycles. The van der Waals surface area contributed by atoms with Crippen LogP contribution in [0, 0.1) is 0 Å². The Morgan fingerprint density at radius 2 is 1.63 bits per heavy atom. The SMILES string of the molecule is COc1ccc(CN2CCNCC2)c(OC)c1OC.O=C(O)C(O)c1ccccc1. The van der Waals surface area contributed by atoms with Gasteiger partial charge in [0, 0.05) is 38.3 Å². The van der Waals surface area contributed by atoms with Gasteiger partial charge in [-0.15, -0.1) is 0 Å². The van der Waals surface area contributed by atoms with Crippen LogP contribution in [0.4, 0.5) is 0 Å². The van der Waals surface area contributed by atoms with Gasteiger partial charge < -0.3 is 29.7 Å². The number of methoxy groups -OCH3 is 3. The molecule has 1 aliphatic heterocycles. The van der Waals surface area contributed by atoms with Gasteiger partial charge in [0.05, 0.1) is 21.3 Å². The van der Waals surface area contributed by atoms with E-state index in [0.717, 1.165) is 44.0 Å². The minimum Gasteiger partial charge on any atom is -0.493 e. The van der Waals surface area contributed by atoms with E-state index >= 15 is 0 Å². The molecule has 1 unspecified atom stereocenters. The monoisotopic (exact) mass is 418 g/mol. The molecular weight excluding hydrogens is 388 g/mol. The van der Waals surface area contributed by atoms with Gasteiger partial charge in [0.1, 0.15) is 0 Å². The minimum atomic E-state index is -1.41. The smallest absolute Gasteiger partial charge is 0.337 e. The lowest BCUT2D eigenvalue weighted by Crippen LogP contribution is -2.42. The van der Waals surface area contributed by atoms with E-state index in [0.29, 0.717) is 17.1 Å². The highest BCUT2D eigenvalue weighted by molar-refractivity contribution is 5.73. The van der Waals surface area contributed by atoms with Crippen LogP contribution in [-0.2, 0) is 11.3 Å². The van der Waals surface area contributed by atoms with Gasteiger partial charge in [-0.25, -0.2) is 4.79 Å². The van der Waals surface area contributed by atoms with Crippen molar-refractivity contribution in [3.8, 4) is 17.2 Å². The summed E-state index contributed by atoms with van der Waals surface area (Å²) in [4.78, 5) is 12.7. The van der Waals surface area contributed by atoms with Gasteiger partial charge in [-0.05, 0) is 11.6 Å². The molecule has 164 valence electrons. The summed E-state index contributed by atoms with van der Waals surface area (Å²) in [5.74, 6) is 0.901. The summed E-state index contributed by atoms with van der Waals surface area (Å²) in [6, 6.07) is 12.2. The first-order valence-electron chi connectivity index (χ1n) is 9.68. The van der Waals surface area contributed by atoms with Crippen molar-refractivity contribution in [2.75, 3.05) is 47.5 Å². The zero-order valence-electron chi connectivity index (χ0n) is 17.6. The predicted octanol–water partition coefficient (Wildman–Crippen LogP) is 1.92. The van der Waals surface area contributed by atoms with E-state index in [1.165, 1.54) is 0 Å². The third kappa shape index (κ3) is 6.35. The molecule has 1 heterocycles. The van der Waals surface area contributed by atoms with Crippen LogP contribution < -0.4 is 19.5 Å². The number of benzene rings is 2. The van der Waals surface area contributed by atoms with Crippen LogP contribution in [0.25, 0.3) is 0 Å². The number of aliphatic carboxylic acids is 1. The van der Waals surface area contributed by atoms with E-state index < -0.39 is 12.1 Å². The Morgan fingerprint density at radius 3 is 2.17 bits per heavy atom. The molecule has 0 saturated carbocycles. The summed E-state index contributed by atoms with van der Waals surface area (Å²) < 4.78 is 16.2. The van der Waals surface area contributed by atoms with Crippen LogP contribution in [-0.4, -0.2) is 68.6 Å². The molecule has 1 atom stereocenters. The van der Waals surface area contributed by atoms with Crippen LogP contribution in [0.1, 0.15) is 17.2 Å². The molecule has 0 aromatic heterocycles. The quantitative estimate of drug-likeness (QED) is 0.627. The Balaban J connectivity index is 0.000000248. The molecular formula is C22H30N2O6. The van der Waals surface area contributed by atoms with Crippen molar-refractivity contribution >= 4 is 5.97 Å². The number of carboxylic acids is 1. The second-order valence-electron chi connectivity index (χ2n) is 6.67. The van der Waals surface area contributed by atoms with Gasteiger partial charge in [-0.3, -0.25) is 4.90 Å². The van der Waals surface area contributed by atoms with Crippen molar-refractivity contribution in [2.24, 2.45) is 0 Å². The molecule has 0 radical (unpaired) electrons. The van der Waals surface area contributed by atoms with Crippen molar-refractivity contribution in [1.29, 1.82) is 0 Å². The number of carboxylic acid groups (broad SMARTS) is 1. The molecule has 2 aromatic carbocycles. The summed E-state index contributed by atoms with van der Waals surface area (Å²) in [7, 11) is 4.93. The van der Waals surface area contributed by atoms with Gasteiger partial charge in [0.2, 0.25) is 5.75 Å². The molecule has 8 heteroatoms. The molecule has 2 aromatic rings. The largest absolute Gasteiger partial charge is 0.493 e. The maximum absolute atomic E-state index is 10.2. The molecule has 8 nitrogen and oxygen atoms in total. The van der Waals surface area contributed by atoms with E-state index in [9.17, 15) is 4.79 Å². The van der Waals surface area contributed by atoms with E-state index in [2.05, 4.69) is 10.2 Å². The molecule has 0 amide bonds. The first-order chi connectivity index (χ1) is 14.5. The zero-order chi connectivity index (χ0) is 21.9. The number of carbonyl (C=O) groups is 1. The molecule has 3 rings (SSSR count). The van der Waals surface area contributed by atoms with Crippen molar-refractivity contribution in [3.63, 3.8) is 0 Å². The average Bonchev–Trinajstić information content (AvgIpc) is 2.79. The van der Waals surface area contributed by atoms with E-state index in [4.69, 9.17) is 24.4 Å². The molecule has 1 aliphatic rings. The van der Waals surface area contributed by atoms with Crippen LogP contribution in [0.3, 0.4) is 0 Å². The predicted molar refractivity (Wildman–Crippen MR) is 113 cm³/mol. The summed E-state index contributed by atoms with van der Waals surface area (Å²) in [6.45, 7) is 5.05. The van der Waals surface area contributed by atoms with Gasteiger partial charge in [0.15, 0.2) is 17.6 Å². The Hall–Kier alpha value is -2.81. The number of aliphatic hydroxyl groups excluding tert-OH is 1. The Morgan fingerprint density at radius 1 is 1.00 bits per heavy atom. The fourth-order valence-corrected chi connectivity index (χ4v) is 3.18. The third-order valence-electron chi connectivity index (χ3n) is 4.74. The first kappa shape index (κ1) is 23.5. The Kier molecular flexibility index (Phi) is 9.40. The fraction of sp³-hybridized carbons (Fsp3) is 0.409. The lowest BCUT2D eigenvalue weighted by molar-refractivity contribution is -0.146. The highest BCUT2D eigenvalue weighted by Gasteiger charge is 2.18. The molecule has 0 spiro atoms. The number of hydrogen-bond donors (Lipinski definition) is 3. The van der Waals surface area contributed by atoms with Gasteiger partial charge in [0.25, 0.3) is 0 Å². The van der Waals surface area contributed by atoms with Crippen LogP contribution in [0.2, 0.25) is 0 Å². The lowest BCUT2D eigenvalue weighted by Gasteiger charge is -2.28. The summed E-state index contributed by atoms with van der Waals surface area (Å²) in [5.41, 5.74) is 1.53. The van der Waals surface area contributed by atoms with Crippen molar-refractivity contribution in [1.82, 2.24) is 10.2 Å². The van der Waals surface area contributed by atoms with E-state index in [1.807, 2.05) is 12.1 Å². The topological polar surface area (TPSA) is 100 Å². The highest BCUT2D eigenvalue weighted by Crippen LogP contribution is 2.40. The standard InChI is InChI=1S/C14H22N2O3.C8H8O3/c1-17-12-5-4-11(13(18-2)14(12)19-3)10-16-8-6-15-7-9-16;9-7(8(10)11)6-4-2-1-3-5-6/h4-5,15H,6-10H2,1-3H3;1-5,7,9H,(H,10,11). The van der Waals surface area contributed by atoms with Crippen molar-refractivity contribution < 1.29 is 29.2 Å². The van der Waals surface area contributed by atoms with Crippen molar-refractivity contribution in [2.45, 2.75) is 12.6 Å². The van der Waals surface area contributed by atoms with E-state index in [1.54, 1.807) is 51.7 Å². The fourth-order valence-electron chi connectivity index (χ4n) is 3.18. The van der Waals surface area contributed by atoms with Crippen LogP contribution in [0.5, 0.6) is 17.2 Å². The number of hydrogen-bond acceptors (Lipinski definition) is 7. The number of aliphatic hydroxyl groups is 1. The van der Waals surface area contributed by atoms with Gasteiger partial charge in [-0.2, -0.15) is 0 Å². The molecule has 0 bridgehead atoms. The number of nitrogens with one attached hydrogen (secondary N) is 1. The number of ether oxygens (including phenoxy) is 3. The van der Waals surface area contributed by atoms with Crippen LogP contribution in [0.15, 0.2) is 42.5 Å². The van der Waals surface area contributed by atoms with Gasteiger partial charge >= 0.3 is 5.97 Å². The Labute approximate surface area is 177 Å². The Bertz CT molecular complexity index is 794. The minimum absolute atomic E-state index is 0.403. The molecule has 1 saturated heterocycles. The second-order valence-corrected chi connectivity index (χ2v) is 6.67. The lowest BCUT2D eigenvalue weighted by atomic mass is 10.1. The summed E-state index contributed by atoms with van der Waals surface area (Å²) in [5, 5.41) is 20.7. The number of piperazine rings is 1.